The molecule has 0 aromatic heterocycles. The smallest absolute Gasteiger partial charge is 0.151 e. The van der Waals surface area contributed by atoms with Crippen LogP contribution in [-0.2, 0) is 14.6 Å². The van der Waals surface area contributed by atoms with E-state index in [1.54, 1.807) is 0 Å². The molecule has 2 aliphatic rings. The van der Waals surface area contributed by atoms with E-state index in [2.05, 4.69) is 25.7 Å². The molecule has 4 nitrogen and oxygen atoms in total. The van der Waals surface area contributed by atoms with Gasteiger partial charge >= 0.3 is 0 Å². The first-order chi connectivity index (χ1) is 7.87. The molecule has 17 heavy (non-hydrogen) atoms. The average molecular weight is 261 g/mol. The molecule has 100 valence electrons. The summed E-state index contributed by atoms with van der Waals surface area (Å²) in [5.74, 6) is 1.18. The Hall–Kier alpha value is -0.130. The van der Waals surface area contributed by atoms with Gasteiger partial charge in [0.05, 0.1) is 23.7 Å². The van der Waals surface area contributed by atoms with Crippen molar-refractivity contribution in [3.63, 3.8) is 0 Å². The van der Waals surface area contributed by atoms with E-state index >= 15 is 0 Å². The zero-order valence-corrected chi connectivity index (χ0v) is 11.7. The van der Waals surface area contributed by atoms with Crippen molar-refractivity contribution in [2.45, 2.75) is 45.4 Å². The van der Waals surface area contributed by atoms with Gasteiger partial charge in [0.2, 0.25) is 0 Å². The molecule has 0 aromatic carbocycles. The fourth-order valence-corrected chi connectivity index (χ4v) is 4.51. The molecule has 5 heteroatoms. The Bertz CT molecular complexity index is 366. The minimum atomic E-state index is -2.78. The maximum atomic E-state index is 11.5. The highest BCUT2D eigenvalue weighted by Gasteiger charge is 2.37. The van der Waals surface area contributed by atoms with E-state index in [9.17, 15) is 8.42 Å². The first-order valence-electron chi connectivity index (χ1n) is 6.47. The largest absolute Gasteiger partial charge is 0.372 e. The van der Waals surface area contributed by atoms with Gasteiger partial charge < -0.3 is 4.74 Å². The third-order valence-electron chi connectivity index (χ3n) is 3.78. The van der Waals surface area contributed by atoms with Gasteiger partial charge in [-0.25, -0.2) is 8.42 Å². The van der Waals surface area contributed by atoms with Gasteiger partial charge in [-0.2, -0.15) is 0 Å². The lowest BCUT2D eigenvalue weighted by Crippen LogP contribution is -2.52. The monoisotopic (exact) mass is 261 g/mol. The van der Waals surface area contributed by atoms with Gasteiger partial charge in [0.1, 0.15) is 0 Å². The molecular formula is C12H23NO3S. The van der Waals surface area contributed by atoms with Crippen molar-refractivity contribution in [2.24, 2.45) is 5.92 Å². The number of nitrogens with zero attached hydrogens (tertiary/aromatic N) is 1. The number of ether oxygens (including phenoxy) is 1. The molecule has 0 saturated carbocycles. The topological polar surface area (TPSA) is 46.6 Å². The maximum absolute atomic E-state index is 11.5. The van der Waals surface area contributed by atoms with E-state index in [4.69, 9.17) is 4.74 Å². The van der Waals surface area contributed by atoms with Crippen molar-refractivity contribution in [3.8, 4) is 0 Å². The fraction of sp³-hybridized carbons (Fsp3) is 1.00. The molecule has 2 saturated heterocycles. The second-order valence-electron chi connectivity index (χ2n) is 5.74. The van der Waals surface area contributed by atoms with Crippen LogP contribution in [0.2, 0.25) is 0 Å². The quantitative estimate of drug-likeness (QED) is 0.741. The van der Waals surface area contributed by atoms with Gasteiger partial charge in [0.25, 0.3) is 0 Å². The van der Waals surface area contributed by atoms with Crippen LogP contribution in [0.1, 0.15) is 27.2 Å². The SMILES string of the molecule is CC1CN(C2CCS(=O)(=O)C2)CC(C(C)C)O1. The summed E-state index contributed by atoms with van der Waals surface area (Å²) in [6, 6.07) is 0.215. The van der Waals surface area contributed by atoms with Crippen molar-refractivity contribution in [1.29, 1.82) is 0 Å². The van der Waals surface area contributed by atoms with Crippen molar-refractivity contribution >= 4 is 9.84 Å². The number of sulfone groups is 1. The first-order valence-corrected chi connectivity index (χ1v) is 8.29. The van der Waals surface area contributed by atoms with Gasteiger partial charge in [-0.05, 0) is 19.3 Å². The van der Waals surface area contributed by atoms with Crippen LogP contribution in [0, 0.1) is 5.92 Å². The Balaban J connectivity index is 2.01. The molecule has 0 spiro atoms. The predicted octanol–water partition coefficient (Wildman–Crippen LogP) is 0.919. The Morgan fingerprint density at radius 3 is 2.53 bits per heavy atom. The van der Waals surface area contributed by atoms with Crippen LogP contribution in [0.25, 0.3) is 0 Å². The van der Waals surface area contributed by atoms with E-state index in [0.717, 1.165) is 19.5 Å². The highest BCUT2D eigenvalue weighted by Crippen LogP contribution is 2.24. The minimum Gasteiger partial charge on any atom is -0.372 e. The summed E-state index contributed by atoms with van der Waals surface area (Å²) >= 11 is 0. The molecule has 2 heterocycles. The lowest BCUT2D eigenvalue weighted by atomic mass is 10.0. The summed E-state index contributed by atoms with van der Waals surface area (Å²) in [5.41, 5.74) is 0. The zero-order valence-electron chi connectivity index (χ0n) is 10.9. The van der Waals surface area contributed by atoms with E-state index in [1.807, 2.05) is 0 Å². The summed E-state index contributed by atoms with van der Waals surface area (Å²) in [5, 5.41) is 0. The molecule has 0 bridgehead atoms. The van der Waals surface area contributed by atoms with Crippen molar-refractivity contribution in [3.05, 3.63) is 0 Å². The molecule has 0 aliphatic carbocycles. The van der Waals surface area contributed by atoms with Gasteiger partial charge in [0, 0.05) is 19.1 Å². The van der Waals surface area contributed by atoms with Crippen LogP contribution in [0.5, 0.6) is 0 Å². The predicted molar refractivity (Wildman–Crippen MR) is 67.8 cm³/mol. The van der Waals surface area contributed by atoms with Gasteiger partial charge in [-0.3, -0.25) is 4.90 Å². The van der Waals surface area contributed by atoms with Crippen molar-refractivity contribution in [2.75, 3.05) is 24.6 Å². The lowest BCUT2D eigenvalue weighted by molar-refractivity contribution is -0.103. The first kappa shape index (κ1) is 13.3. The van der Waals surface area contributed by atoms with Gasteiger partial charge in [0.15, 0.2) is 9.84 Å². The Kier molecular flexibility index (Phi) is 3.80. The highest BCUT2D eigenvalue weighted by molar-refractivity contribution is 7.91. The highest BCUT2D eigenvalue weighted by atomic mass is 32.2. The van der Waals surface area contributed by atoms with Crippen LogP contribution in [-0.4, -0.2) is 56.2 Å². The normalized spacial score (nSPS) is 38.7. The lowest BCUT2D eigenvalue weighted by Gasteiger charge is -2.41. The minimum absolute atomic E-state index is 0.208. The summed E-state index contributed by atoms with van der Waals surface area (Å²) in [6.45, 7) is 8.13. The number of hydrogen-bond donors (Lipinski definition) is 0. The van der Waals surface area contributed by atoms with Crippen LogP contribution >= 0.6 is 0 Å². The summed E-state index contributed by atoms with van der Waals surface area (Å²) < 4.78 is 28.9. The van der Waals surface area contributed by atoms with Crippen molar-refractivity contribution < 1.29 is 13.2 Å². The number of morpholine rings is 1. The summed E-state index contributed by atoms with van der Waals surface area (Å²) in [7, 11) is -2.78. The Morgan fingerprint density at radius 2 is 2.00 bits per heavy atom. The zero-order chi connectivity index (χ0) is 12.6. The second-order valence-corrected chi connectivity index (χ2v) is 7.97. The fourth-order valence-electron chi connectivity index (χ4n) is 2.75. The molecule has 3 atom stereocenters. The number of hydrogen-bond acceptors (Lipinski definition) is 4. The molecule has 0 N–H and O–H groups in total. The molecule has 0 aromatic rings. The maximum Gasteiger partial charge on any atom is 0.151 e. The van der Waals surface area contributed by atoms with E-state index < -0.39 is 9.84 Å². The molecule has 0 radical (unpaired) electrons. The van der Waals surface area contributed by atoms with Crippen LogP contribution in [0.3, 0.4) is 0 Å². The van der Waals surface area contributed by atoms with Gasteiger partial charge in [-0.1, -0.05) is 13.8 Å². The molecular weight excluding hydrogens is 238 g/mol. The second kappa shape index (κ2) is 4.86. The molecule has 2 fully saturated rings. The molecule has 2 rings (SSSR count). The average Bonchev–Trinajstić information content (AvgIpc) is 2.58. The standard InChI is InChI=1S/C12H23NO3S/c1-9(2)12-7-13(6-10(3)16-12)11-4-5-17(14,15)8-11/h9-12H,4-8H2,1-3H3. The number of rotatable bonds is 2. The van der Waals surface area contributed by atoms with Crippen LogP contribution < -0.4 is 0 Å². The summed E-state index contributed by atoms with van der Waals surface area (Å²) in [6.07, 6.45) is 1.24. The van der Waals surface area contributed by atoms with Crippen LogP contribution in [0.15, 0.2) is 0 Å². The third-order valence-corrected chi connectivity index (χ3v) is 5.53. The van der Waals surface area contributed by atoms with E-state index in [0.29, 0.717) is 17.4 Å². The van der Waals surface area contributed by atoms with Gasteiger partial charge in [-0.15, -0.1) is 0 Å². The molecule has 3 unspecified atom stereocenters. The molecule has 0 amide bonds. The van der Waals surface area contributed by atoms with Crippen LogP contribution in [0.4, 0.5) is 0 Å². The van der Waals surface area contributed by atoms with E-state index in [-0.39, 0.29) is 18.2 Å². The Labute approximate surface area is 104 Å². The van der Waals surface area contributed by atoms with Crippen molar-refractivity contribution in [1.82, 2.24) is 4.90 Å². The molecule has 2 aliphatic heterocycles. The Morgan fingerprint density at radius 1 is 1.29 bits per heavy atom. The summed E-state index contributed by atoms with van der Waals surface area (Å²) in [4.78, 5) is 2.32. The third kappa shape index (κ3) is 3.20. The van der Waals surface area contributed by atoms with E-state index in [1.165, 1.54) is 0 Å².